The third-order valence-electron chi connectivity index (χ3n) is 4.63. The Hall–Kier alpha value is -0.520. The van der Waals surface area contributed by atoms with Gasteiger partial charge in [0.2, 0.25) is 0 Å². The minimum absolute atomic E-state index is 0.271. The fourth-order valence-electron chi connectivity index (χ4n) is 3.13. The van der Waals surface area contributed by atoms with Gasteiger partial charge in [0.1, 0.15) is 0 Å². The molecular weight excluding hydrogens is 192 g/mol. The molecule has 0 aromatic carbocycles. The van der Waals surface area contributed by atoms with E-state index in [0.717, 1.165) is 5.92 Å². The fourth-order valence-corrected chi connectivity index (χ4v) is 3.13. The molecule has 0 nitrogen and oxygen atoms in total. The van der Waals surface area contributed by atoms with Crippen molar-refractivity contribution in [3.8, 4) is 0 Å². The normalized spacial score (nSPS) is 35.8. The van der Waals surface area contributed by atoms with Gasteiger partial charge < -0.3 is 0 Å². The Labute approximate surface area is 102 Å². The number of hydrogen-bond donors (Lipinski definition) is 0. The zero-order valence-electron chi connectivity index (χ0n) is 11.8. The van der Waals surface area contributed by atoms with Gasteiger partial charge in [-0.25, -0.2) is 0 Å². The predicted molar refractivity (Wildman–Crippen MR) is 73.4 cm³/mol. The quantitative estimate of drug-likeness (QED) is 0.560. The molecule has 0 aliphatic heterocycles. The summed E-state index contributed by atoms with van der Waals surface area (Å²) < 4.78 is 0. The van der Waals surface area contributed by atoms with Crippen LogP contribution in [0, 0.1) is 22.7 Å². The van der Waals surface area contributed by atoms with E-state index in [2.05, 4.69) is 53.9 Å². The molecule has 1 fully saturated rings. The minimum atomic E-state index is 0.271. The van der Waals surface area contributed by atoms with Gasteiger partial charge in [-0.05, 0) is 48.9 Å². The van der Waals surface area contributed by atoms with Crippen molar-refractivity contribution in [3.05, 3.63) is 24.8 Å². The summed E-state index contributed by atoms with van der Waals surface area (Å²) in [5.41, 5.74) is 2.03. The molecule has 16 heavy (non-hydrogen) atoms. The largest absolute Gasteiger partial charge is 0.103 e. The van der Waals surface area contributed by atoms with Crippen LogP contribution >= 0.6 is 0 Å². The Morgan fingerprint density at radius 1 is 1.38 bits per heavy atom. The molecule has 0 heterocycles. The first-order valence-corrected chi connectivity index (χ1v) is 6.49. The molecule has 0 radical (unpaired) electrons. The molecule has 92 valence electrons. The zero-order chi connectivity index (χ0) is 12.6. The monoisotopic (exact) mass is 220 g/mol. The Morgan fingerprint density at radius 2 is 1.94 bits per heavy atom. The van der Waals surface area contributed by atoms with Crippen LogP contribution in [0.1, 0.15) is 53.9 Å². The van der Waals surface area contributed by atoms with Gasteiger partial charge in [0.25, 0.3) is 0 Å². The molecule has 3 unspecified atom stereocenters. The Kier molecular flexibility index (Phi) is 3.72. The van der Waals surface area contributed by atoms with Gasteiger partial charge in [-0.15, -0.1) is 6.58 Å². The summed E-state index contributed by atoms with van der Waals surface area (Å²) in [6, 6.07) is 0. The van der Waals surface area contributed by atoms with Crippen LogP contribution in [-0.4, -0.2) is 0 Å². The summed E-state index contributed by atoms with van der Waals surface area (Å²) in [7, 11) is 0. The fraction of sp³-hybridized carbons (Fsp3) is 0.750. The van der Waals surface area contributed by atoms with Gasteiger partial charge in [0.15, 0.2) is 0 Å². The summed E-state index contributed by atoms with van der Waals surface area (Å²) in [6.07, 6.45) is 6.03. The summed E-state index contributed by atoms with van der Waals surface area (Å²) >= 11 is 0. The molecule has 1 saturated carbocycles. The van der Waals surface area contributed by atoms with E-state index in [1.807, 2.05) is 0 Å². The molecule has 1 aliphatic carbocycles. The molecular formula is C16H28. The average Bonchev–Trinajstić information content (AvgIpc) is 2.16. The van der Waals surface area contributed by atoms with Crippen LogP contribution in [0.3, 0.4) is 0 Å². The molecule has 0 amide bonds. The van der Waals surface area contributed by atoms with Crippen LogP contribution in [-0.2, 0) is 0 Å². The molecule has 0 spiro atoms. The van der Waals surface area contributed by atoms with Crippen molar-refractivity contribution in [3.63, 3.8) is 0 Å². The summed E-state index contributed by atoms with van der Waals surface area (Å²) in [5, 5.41) is 0. The van der Waals surface area contributed by atoms with Crippen molar-refractivity contribution < 1.29 is 0 Å². The molecule has 0 saturated heterocycles. The number of hydrogen-bond acceptors (Lipinski definition) is 0. The van der Waals surface area contributed by atoms with E-state index < -0.39 is 0 Å². The van der Waals surface area contributed by atoms with Crippen LogP contribution in [0.5, 0.6) is 0 Å². The van der Waals surface area contributed by atoms with Crippen molar-refractivity contribution in [2.24, 2.45) is 22.7 Å². The van der Waals surface area contributed by atoms with Gasteiger partial charge in [-0.2, -0.15) is 0 Å². The van der Waals surface area contributed by atoms with Crippen molar-refractivity contribution in [2.75, 3.05) is 0 Å². The highest BCUT2D eigenvalue weighted by Gasteiger charge is 2.41. The van der Waals surface area contributed by atoms with Crippen LogP contribution in [0.25, 0.3) is 0 Å². The van der Waals surface area contributed by atoms with Crippen LogP contribution < -0.4 is 0 Å². The molecule has 0 N–H and O–H groups in total. The highest BCUT2D eigenvalue weighted by atomic mass is 14.5. The number of allylic oxidation sites excluding steroid dienone is 2. The van der Waals surface area contributed by atoms with Gasteiger partial charge in [0.05, 0.1) is 0 Å². The van der Waals surface area contributed by atoms with Gasteiger partial charge >= 0.3 is 0 Å². The van der Waals surface area contributed by atoms with Crippen molar-refractivity contribution >= 4 is 0 Å². The first-order chi connectivity index (χ1) is 7.20. The topological polar surface area (TPSA) is 0 Å². The number of rotatable bonds is 2. The smallest absolute Gasteiger partial charge is 0.00838 e. The first kappa shape index (κ1) is 13.5. The maximum Gasteiger partial charge on any atom is -0.00838 e. The second kappa shape index (κ2) is 4.39. The Bertz CT molecular complexity index is 279. The maximum atomic E-state index is 4.19. The van der Waals surface area contributed by atoms with Crippen molar-refractivity contribution in [1.82, 2.24) is 0 Å². The van der Waals surface area contributed by atoms with Crippen LogP contribution in [0.15, 0.2) is 24.8 Å². The van der Waals surface area contributed by atoms with E-state index in [4.69, 9.17) is 0 Å². The summed E-state index contributed by atoms with van der Waals surface area (Å²) in [5.74, 6) is 1.44. The van der Waals surface area contributed by atoms with Crippen molar-refractivity contribution in [2.45, 2.75) is 53.9 Å². The SMILES string of the molecule is C=CC1(C)CCC(C(C)(C)C)CC1C(=C)C. The van der Waals surface area contributed by atoms with E-state index in [1.54, 1.807) is 0 Å². The lowest BCUT2D eigenvalue weighted by molar-refractivity contribution is 0.0845. The molecule has 0 bridgehead atoms. The van der Waals surface area contributed by atoms with Crippen LogP contribution in [0.4, 0.5) is 0 Å². The molecule has 0 aromatic heterocycles. The third kappa shape index (κ3) is 2.59. The highest BCUT2D eigenvalue weighted by Crippen LogP contribution is 2.51. The third-order valence-corrected chi connectivity index (χ3v) is 4.63. The predicted octanol–water partition coefficient (Wildman–Crippen LogP) is 5.22. The lowest BCUT2D eigenvalue weighted by Crippen LogP contribution is -2.37. The molecule has 3 atom stereocenters. The van der Waals surface area contributed by atoms with Gasteiger partial charge in [-0.3, -0.25) is 0 Å². The highest BCUT2D eigenvalue weighted by molar-refractivity contribution is 5.12. The van der Waals surface area contributed by atoms with Crippen molar-refractivity contribution in [1.29, 1.82) is 0 Å². The summed E-state index contributed by atoms with van der Waals surface area (Å²) in [6.45, 7) is 19.8. The second-order valence-electron chi connectivity index (χ2n) is 6.95. The first-order valence-electron chi connectivity index (χ1n) is 6.49. The van der Waals surface area contributed by atoms with E-state index in [0.29, 0.717) is 11.3 Å². The Morgan fingerprint density at radius 3 is 2.31 bits per heavy atom. The zero-order valence-corrected chi connectivity index (χ0v) is 11.8. The molecule has 0 aromatic rings. The van der Waals surface area contributed by atoms with E-state index in [-0.39, 0.29) is 5.41 Å². The van der Waals surface area contributed by atoms with Crippen LogP contribution in [0.2, 0.25) is 0 Å². The second-order valence-corrected chi connectivity index (χ2v) is 6.95. The lowest BCUT2D eigenvalue weighted by atomic mass is 9.58. The maximum absolute atomic E-state index is 4.19. The lowest BCUT2D eigenvalue weighted by Gasteiger charge is -2.47. The van der Waals surface area contributed by atoms with Gasteiger partial charge in [0, 0.05) is 0 Å². The van der Waals surface area contributed by atoms with E-state index >= 15 is 0 Å². The van der Waals surface area contributed by atoms with Gasteiger partial charge in [-0.1, -0.05) is 45.9 Å². The summed E-state index contributed by atoms with van der Waals surface area (Å²) in [4.78, 5) is 0. The average molecular weight is 220 g/mol. The Balaban J connectivity index is 2.90. The van der Waals surface area contributed by atoms with E-state index in [9.17, 15) is 0 Å². The van der Waals surface area contributed by atoms with E-state index in [1.165, 1.54) is 24.8 Å². The molecule has 0 heteroatoms. The minimum Gasteiger partial charge on any atom is -0.103 e. The molecule has 1 aliphatic rings. The molecule has 1 rings (SSSR count). The standard InChI is InChI=1S/C16H28/c1-8-16(7)10-9-13(15(4,5)6)11-14(16)12(2)3/h8,13-14H,1-2,9-11H2,3-7H3.